The highest BCUT2D eigenvalue weighted by Gasteiger charge is 2.33. The molecule has 0 saturated carbocycles. The van der Waals surface area contributed by atoms with Crippen LogP contribution in [0, 0.1) is 24.1 Å². The van der Waals surface area contributed by atoms with E-state index in [0.29, 0.717) is 39.3 Å². The maximum Gasteiger partial charge on any atom is 0.270 e. The molecule has 2 heterocycles. The lowest BCUT2D eigenvalue weighted by atomic mass is 10.0. The number of rotatable bonds is 10. The third-order valence-corrected chi connectivity index (χ3v) is 7.94. The van der Waals surface area contributed by atoms with Gasteiger partial charge >= 0.3 is 0 Å². The Kier molecular flexibility index (Phi) is 9.33. The fourth-order valence-electron chi connectivity index (χ4n) is 4.39. The number of anilines is 1. The first kappa shape index (κ1) is 28.3. The molecule has 0 unspecified atom stereocenters. The van der Waals surface area contributed by atoms with Gasteiger partial charge < -0.3 is 5.32 Å². The first-order chi connectivity index (χ1) is 18.8. The monoisotopic (exact) mass is 560 g/mol. The van der Waals surface area contributed by atoms with Crippen LogP contribution < -0.4 is 10.9 Å². The number of amides is 1. The van der Waals surface area contributed by atoms with E-state index in [0.717, 1.165) is 30.4 Å². The van der Waals surface area contributed by atoms with Gasteiger partial charge in [-0.1, -0.05) is 79.8 Å². The summed E-state index contributed by atoms with van der Waals surface area (Å²) in [6.45, 7) is 5.01. The van der Waals surface area contributed by atoms with Crippen LogP contribution in [0.1, 0.15) is 47.6 Å². The minimum atomic E-state index is -0.349. The fourth-order valence-corrected chi connectivity index (χ4v) is 5.63. The quantitative estimate of drug-likeness (QED) is 0.241. The lowest BCUT2D eigenvalue weighted by molar-refractivity contribution is -0.122. The molecule has 0 aliphatic carbocycles. The third kappa shape index (κ3) is 6.47. The molecule has 9 heteroatoms. The number of carbonyl (C=O) groups is 1. The Morgan fingerprint density at radius 3 is 2.49 bits per heavy atom. The summed E-state index contributed by atoms with van der Waals surface area (Å²) in [6.07, 6.45) is 4.11. The summed E-state index contributed by atoms with van der Waals surface area (Å²) < 4.78 is 15.4. The van der Waals surface area contributed by atoms with Crippen LogP contribution in [0.2, 0.25) is 0 Å². The van der Waals surface area contributed by atoms with Gasteiger partial charge in [0.1, 0.15) is 27.6 Å². The van der Waals surface area contributed by atoms with Crippen LogP contribution in [-0.2, 0) is 24.3 Å². The number of unbranched alkanes of at least 4 members (excludes halogenated alkanes) is 1. The van der Waals surface area contributed by atoms with Crippen molar-refractivity contribution in [3.8, 4) is 6.07 Å². The van der Waals surface area contributed by atoms with Gasteiger partial charge in [0, 0.05) is 18.7 Å². The van der Waals surface area contributed by atoms with E-state index in [1.54, 1.807) is 29.7 Å². The van der Waals surface area contributed by atoms with Crippen LogP contribution in [0.3, 0.4) is 0 Å². The molecule has 1 saturated heterocycles. The van der Waals surface area contributed by atoms with Gasteiger partial charge in [-0.15, -0.1) is 0 Å². The Bertz CT molecular complexity index is 1510. The molecule has 2 aromatic carbocycles. The number of nitriles is 1. The molecule has 1 aliphatic rings. The summed E-state index contributed by atoms with van der Waals surface area (Å²) in [5.41, 5.74) is 2.77. The van der Waals surface area contributed by atoms with Crippen molar-refractivity contribution in [2.45, 2.75) is 46.2 Å². The molecule has 200 valence electrons. The summed E-state index contributed by atoms with van der Waals surface area (Å²) in [5.74, 6) is -0.0308. The maximum absolute atomic E-state index is 13.4. The molecule has 0 bridgehead atoms. The van der Waals surface area contributed by atoms with Gasteiger partial charge in [-0.05, 0) is 54.7 Å². The van der Waals surface area contributed by atoms with Crippen LogP contribution in [0.4, 0.5) is 10.2 Å². The number of hydrogen-bond donors (Lipinski definition) is 1. The molecule has 0 radical (unpaired) electrons. The lowest BCUT2D eigenvalue weighted by Gasteiger charge is -2.20. The summed E-state index contributed by atoms with van der Waals surface area (Å²) in [5, 5.41) is 13.3. The summed E-state index contributed by atoms with van der Waals surface area (Å²) in [4.78, 5) is 28.6. The SMILES string of the molecule is CCCCn1c(NCCc2ccccc2)c(/C=C2/SC(=S)N(Cc3ccc(F)cc3)C2=O)c(C)c(C#N)c1=O. The van der Waals surface area contributed by atoms with Gasteiger partial charge in [0.2, 0.25) is 0 Å². The highest BCUT2D eigenvalue weighted by atomic mass is 32.2. The van der Waals surface area contributed by atoms with Crippen LogP contribution in [0.5, 0.6) is 0 Å². The summed E-state index contributed by atoms with van der Waals surface area (Å²) >= 11 is 6.68. The zero-order valence-electron chi connectivity index (χ0n) is 21.9. The number of thiocarbonyl (C=S) groups is 1. The van der Waals surface area contributed by atoms with Crippen molar-refractivity contribution in [1.29, 1.82) is 5.26 Å². The van der Waals surface area contributed by atoms with Crippen molar-refractivity contribution < 1.29 is 9.18 Å². The van der Waals surface area contributed by atoms with Crippen molar-refractivity contribution in [3.63, 3.8) is 0 Å². The second-order valence-corrected chi connectivity index (χ2v) is 10.9. The molecule has 4 rings (SSSR count). The zero-order valence-corrected chi connectivity index (χ0v) is 23.5. The van der Waals surface area contributed by atoms with E-state index in [-0.39, 0.29) is 29.4 Å². The largest absolute Gasteiger partial charge is 0.371 e. The van der Waals surface area contributed by atoms with Gasteiger partial charge in [-0.2, -0.15) is 5.26 Å². The molecule has 39 heavy (non-hydrogen) atoms. The highest BCUT2D eigenvalue weighted by molar-refractivity contribution is 8.26. The van der Waals surface area contributed by atoms with Gasteiger partial charge in [-0.25, -0.2) is 4.39 Å². The molecule has 0 atom stereocenters. The Balaban J connectivity index is 1.72. The Morgan fingerprint density at radius 1 is 1.10 bits per heavy atom. The summed E-state index contributed by atoms with van der Waals surface area (Å²) in [6, 6.07) is 18.0. The highest BCUT2D eigenvalue weighted by Crippen LogP contribution is 2.36. The van der Waals surface area contributed by atoms with Gasteiger partial charge in [0.15, 0.2) is 0 Å². The van der Waals surface area contributed by atoms with E-state index in [9.17, 15) is 19.2 Å². The minimum absolute atomic E-state index is 0.0627. The van der Waals surface area contributed by atoms with Crippen molar-refractivity contribution in [3.05, 3.63) is 103 Å². The Labute approximate surface area is 237 Å². The van der Waals surface area contributed by atoms with E-state index in [1.165, 1.54) is 28.8 Å². The maximum atomic E-state index is 13.4. The normalized spacial score (nSPS) is 14.2. The second kappa shape index (κ2) is 12.9. The number of nitrogens with zero attached hydrogens (tertiary/aromatic N) is 3. The summed E-state index contributed by atoms with van der Waals surface area (Å²) in [7, 11) is 0. The second-order valence-electron chi connectivity index (χ2n) is 9.24. The van der Waals surface area contributed by atoms with Crippen LogP contribution in [0.25, 0.3) is 6.08 Å². The molecule has 1 N–H and O–H groups in total. The average Bonchev–Trinajstić information content (AvgIpc) is 3.19. The first-order valence-electron chi connectivity index (χ1n) is 12.8. The van der Waals surface area contributed by atoms with E-state index in [2.05, 4.69) is 11.4 Å². The Hall–Kier alpha value is -3.74. The van der Waals surface area contributed by atoms with Crippen LogP contribution >= 0.6 is 24.0 Å². The molecule has 1 aliphatic heterocycles. The van der Waals surface area contributed by atoms with Gasteiger partial charge in [-0.3, -0.25) is 19.1 Å². The topological polar surface area (TPSA) is 78.1 Å². The molecule has 1 fully saturated rings. The Morgan fingerprint density at radius 2 is 1.82 bits per heavy atom. The molecule has 1 aromatic heterocycles. The molecule has 3 aromatic rings. The number of nitrogens with one attached hydrogen (secondary N) is 1. The number of halogens is 1. The average molecular weight is 561 g/mol. The van der Waals surface area contributed by atoms with E-state index >= 15 is 0 Å². The smallest absolute Gasteiger partial charge is 0.270 e. The van der Waals surface area contributed by atoms with E-state index in [4.69, 9.17) is 12.2 Å². The molecule has 0 spiro atoms. The van der Waals surface area contributed by atoms with Gasteiger partial charge in [0.05, 0.1) is 11.4 Å². The fraction of sp³-hybridized carbons (Fsp3) is 0.267. The number of benzene rings is 2. The molecular weight excluding hydrogens is 531 g/mol. The first-order valence-corrected chi connectivity index (χ1v) is 14.0. The predicted octanol–water partition coefficient (Wildman–Crippen LogP) is 6.02. The van der Waals surface area contributed by atoms with Crippen LogP contribution in [0.15, 0.2) is 64.3 Å². The third-order valence-electron chi connectivity index (χ3n) is 6.56. The van der Waals surface area contributed by atoms with Gasteiger partial charge in [0.25, 0.3) is 11.5 Å². The van der Waals surface area contributed by atoms with E-state index < -0.39 is 0 Å². The van der Waals surface area contributed by atoms with Crippen molar-refractivity contribution >= 4 is 46.1 Å². The lowest BCUT2D eigenvalue weighted by Crippen LogP contribution is -2.29. The van der Waals surface area contributed by atoms with Crippen molar-refractivity contribution in [2.75, 3.05) is 11.9 Å². The number of aromatic nitrogens is 1. The standard InChI is InChI=1S/C30H29FN4O2S2/c1-3-4-16-34-27(33-15-14-21-8-6-5-7-9-21)24(20(2)25(18-32)28(34)36)17-26-29(37)35(30(38)39-26)19-22-10-12-23(31)13-11-22/h5-13,17,33H,3-4,14-16,19H2,1-2H3/b26-17+. The number of thioether (sulfide) groups is 1. The number of hydrogen-bond acceptors (Lipinski definition) is 6. The molecule has 1 amide bonds. The minimum Gasteiger partial charge on any atom is -0.371 e. The zero-order chi connectivity index (χ0) is 27.9. The predicted molar refractivity (Wildman–Crippen MR) is 159 cm³/mol. The number of carbonyl (C=O) groups excluding carboxylic acids is 1. The molecular formula is C30H29FN4O2S2. The number of pyridine rings is 1. The van der Waals surface area contributed by atoms with Crippen molar-refractivity contribution in [1.82, 2.24) is 9.47 Å². The van der Waals surface area contributed by atoms with Crippen molar-refractivity contribution in [2.24, 2.45) is 0 Å². The van der Waals surface area contributed by atoms with Crippen LogP contribution in [-0.4, -0.2) is 26.2 Å². The molecule has 6 nitrogen and oxygen atoms in total. The van der Waals surface area contributed by atoms with E-state index in [1.807, 2.05) is 37.3 Å².